The maximum Gasteiger partial charge on any atom is 0.287 e. The predicted molar refractivity (Wildman–Crippen MR) is 121 cm³/mol. The molecule has 1 aromatic heterocycles. The van der Waals surface area contributed by atoms with Crippen LogP contribution < -0.4 is 10.1 Å². The summed E-state index contributed by atoms with van der Waals surface area (Å²) < 4.78 is 11.2. The summed E-state index contributed by atoms with van der Waals surface area (Å²) in [5, 5.41) is 2.95. The monoisotopic (exact) mass is 418 g/mol. The van der Waals surface area contributed by atoms with Crippen LogP contribution in [0.15, 0.2) is 71.3 Å². The Kier molecular flexibility index (Phi) is 7.05. The number of nitrogens with zero attached hydrogens (tertiary/aromatic N) is 1. The molecule has 1 N–H and O–H groups in total. The quantitative estimate of drug-likeness (QED) is 0.558. The number of likely N-dealkylation sites (tertiary alicyclic amines) is 1. The van der Waals surface area contributed by atoms with Crippen molar-refractivity contribution in [2.75, 3.05) is 13.1 Å². The SMILES string of the molecule is CC1CCCN(Cc2ccc(CNC(=O)c3occc3COc3ccccc3)cc2)C1. The minimum atomic E-state index is -0.233. The average Bonchev–Trinajstić information content (AvgIpc) is 3.27. The number of nitrogens with one attached hydrogen (secondary N) is 1. The van der Waals surface area contributed by atoms with Gasteiger partial charge in [-0.2, -0.15) is 0 Å². The minimum Gasteiger partial charge on any atom is -0.489 e. The van der Waals surface area contributed by atoms with Crippen LogP contribution in [-0.2, 0) is 19.7 Å². The summed E-state index contributed by atoms with van der Waals surface area (Å²) in [7, 11) is 0. The van der Waals surface area contributed by atoms with E-state index in [-0.39, 0.29) is 12.5 Å². The highest BCUT2D eigenvalue weighted by atomic mass is 16.5. The molecule has 1 atom stereocenters. The Morgan fingerprint density at radius 2 is 1.87 bits per heavy atom. The number of carbonyl (C=O) groups excluding carboxylic acids is 1. The van der Waals surface area contributed by atoms with Crippen LogP contribution in [0.4, 0.5) is 0 Å². The van der Waals surface area contributed by atoms with Crippen LogP contribution >= 0.6 is 0 Å². The highest BCUT2D eigenvalue weighted by Gasteiger charge is 2.17. The first-order valence-corrected chi connectivity index (χ1v) is 11.0. The normalized spacial score (nSPS) is 16.7. The number of benzene rings is 2. The molecule has 1 saturated heterocycles. The van der Waals surface area contributed by atoms with Crippen LogP contribution in [0.2, 0.25) is 0 Å². The van der Waals surface area contributed by atoms with Crippen LogP contribution in [0.1, 0.15) is 47.0 Å². The molecule has 1 fully saturated rings. The highest BCUT2D eigenvalue weighted by Crippen LogP contribution is 2.19. The van der Waals surface area contributed by atoms with E-state index >= 15 is 0 Å². The Balaban J connectivity index is 1.27. The van der Waals surface area contributed by atoms with E-state index in [2.05, 4.69) is 41.4 Å². The molecule has 2 heterocycles. The third kappa shape index (κ3) is 5.98. The zero-order chi connectivity index (χ0) is 21.5. The van der Waals surface area contributed by atoms with E-state index < -0.39 is 0 Å². The largest absolute Gasteiger partial charge is 0.489 e. The van der Waals surface area contributed by atoms with Crippen molar-refractivity contribution in [2.45, 2.75) is 39.5 Å². The predicted octanol–water partition coefficient (Wildman–Crippen LogP) is 5.02. The van der Waals surface area contributed by atoms with Gasteiger partial charge in [-0.25, -0.2) is 0 Å². The zero-order valence-electron chi connectivity index (χ0n) is 18.0. The number of piperidine rings is 1. The minimum absolute atomic E-state index is 0.233. The van der Waals surface area contributed by atoms with Crippen molar-refractivity contribution in [3.8, 4) is 5.75 Å². The van der Waals surface area contributed by atoms with Gasteiger partial charge in [0, 0.05) is 25.2 Å². The van der Waals surface area contributed by atoms with Gasteiger partial charge in [-0.3, -0.25) is 9.69 Å². The third-order valence-corrected chi connectivity index (χ3v) is 5.71. The number of furan rings is 1. The van der Waals surface area contributed by atoms with Crippen LogP contribution in [0.25, 0.3) is 0 Å². The lowest BCUT2D eigenvalue weighted by atomic mass is 9.99. The second kappa shape index (κ2) is 10.3. The van der Waals surface area contributed by atoms with Gasteiger partial charge in [0.2, 0.25) is 0 Å². The van der Waals surface area contributed by atoms with Crippen molar-refractivity contribution in [3.63, 3.8) is 0 Å². The number of hydrogen-bond acceptors (Lipinski definition) is 4. The van der Waals surface area contributed by atoms with E-state index in [1.807, 2.05) is 30.3 Å². The summed E-state index contributed by atoms with van der Waals surface area (Å²) in [5.74, 6) is 1.61. The molecule has 5 heteroatoms. The molecule has 162 valence electrons. The first kappa shape index (κ1) is 21.2. The van der Waals surface area contributed by atoms with Gasteiger partial charge in [0.05, 0.1) is 6.26 Å². The molecule has 0 spiro atoms. The topological polar surface area (TPSA) is 54.7 Å². The van der Waals surface area contributed by atoms with Gasteiger partial charge in [-0.05, 0) is 54.6 Å². The second-order valence-corrected chi connectivity index (χ2v) is 8.36. The Hall–Kier alpha value is -3.05. The molecule has 2 aromatic carbocycles. The Bertz CT molecular complexity index is 966. The van der Waals surface area contributed by atoms with Crippen LogP contribution in [0.3, 0.4) is 0 Å². The average molecular weight is 419 g/mol. The molecule has 1 aliphatic rings. The molecule has 1 amide bonds. The lowest BCUT2D eigenvalue weighted by molar-refractivity contribution is 0.0919. The van der Waals surface area contributed by atoms with Crippen molar-refractivity contribution in [1.29, 1.82) is 0 Å². The van der Waals surface area contributed by atoms with Gasteiger partial charge in [0.1, 0.15) is 12.4 Å². The van der Waals surface area contributed by atoms with Crippen LogP contribution in [0, 0.1) is 5.92 Å². The van der Waals surface area contributed by atoms with E-state index in [0.29, 0.717) is 12.3 Å². The number of para-hydroxylation sites is 1. The van der Waals surface area contributed by atoms with E-state index in [0.717, 1.165) is 29.3 Å². The fourth-order valence-electron chi connectivity index (χ4n) is 4.04. The van der Waals surface area contributed by atoms with Crippen LogP contribution in [0.5, 0.6) is 5.75 Å². The summed E-state index contributed by atoms with van der Waals surface area (Å²) in [6.07, 6.45) is 4.15. The van der Waals surface area contributed by atoms with Crippen LogP contribution in [-0.4, -0.2) is 23.9 Å². The highest BCUT2D eigenvalue weighted by molar-refractivity contribution is 5.92. The summed E-state index contributed by atoms with van der Waals surface area (Å²) in [5.41, 5.74) is 3.11. The van der Waals surface area contributed by atoms with Gasteiger partial charge in [-0.15, -0.1) is 0 Å². The summed E-state index contributed by atoms with van der Waals surface area (Å²) in [6.45, 7) is 6.43. The summed E-state index contributed by atoms with van der Waals surface area (Å²) >= 11 is 0. The Labute approximate surface area is 184 Å². The second-order valence-electron chi connectivity index (χ2n) is 8.36. The molecule has 0 bridgehead atoms. The van der Waals surface area contributed by atoms with Crippen molar-refractivity contribution >= 4 is 5.91 Å². The van der Waals surface area contributed by atoms with Gasteiger partial charge in [-0.1, -0.05) is 49.4 Å². The molecular weight excluding hydrogens is 388 g/mol. The van der Waals surface area contributed by atoms with E-state index in [1.54, 1.807) is 6.07 Å². The van der Waals surface area contributed by atoms with Crippen molar-refractivity contribution < 1.29 is 13.9 Å². The van der Waals surface area contributed by atoms with E-state index in [1.165, 1.54) is 37.8 Å². The lowest BCUT2D eigenvalue weighted by Crippen LogP contribution is -2.33. The van der Waals surface area contributed by atoms with Gasteiger partial charge >= 0.3 is 0 Å². The van der Waals surface area contributed by atoms with E-state index in [9.17, 15) is 4.79 Å². The molecule has 0 aliphatic carbocycles. The molecule has 1 unspecified atom stereocenters. The van der Waals surface area contributed by atoms with E-state index in [4.69, 9.17) is 9.15 Å². The molecule has 31 heavy (non-hydrogen) atoms. The molecular formula is C26H30N2O3. The smallest absolute Gasteiger partial charge is 0.287 e. The molecule has 0 radical (unpaired) electrons. The maximum absolute atomic E-state index is 12.6. The fourth-order valence-corrected chi connectivity index (χ4v) is 4.04. The Morgan fingerprint density at radius 1 is 1.10 bits per heavy atom. The zero-order valence-corrected chi connectivity index (χ0v) is 18.0. The summed E-state index contributed by atoms with van der Waals surface area (Å²) in [4.78, 5) is 15.1. The number of amides is 1. The lowest BCUT2D eigenvalue weighted by Gasteiger charge is -2.30. The Morgan fingerprint density at radius 3 is 2.65 bits per heavy atom. The third-order valence-electron chi connectivity index (χ3n) is 5.71. The number of carbonyl (C=O) groups is 1. The van der Waals surface area contributed by atoms with Gasteiger partial charge in [0.25, 0.3) is 5.91 Å². The number of hydrogen-bond donors (Lipinski definition) is 1. The molecule has 4 rings (SSSR count). The standard InChI is InChI=1S/C26H30N2O3/c1-20-6-5-14-28(17-20)18-22-11-9-21(10-12-22)16-27-26(29)25-23(13-15-30-25)19-31-24-7-3-2-4-8-24/h2-4,7-13,15,20H,5-6,14,16-19H2,1H3,(H,27,29). The molecule has 0 saturated carbocycles. The number of ether oxygens (including phenoxy) is 1. The first-order chi connectivity index (χ1) is 15.2. The number of rotatable bonds is 8. The fraction of sp³-hybridized carbons (Fsp3) is 0.346. The molecule has 3 aromatic rings. The maximum atomic E-state index is 12.6. The van der Waals surface area contributed by atoms with Crippen molar-refractivity contribution in [1.82, 2.24) is 10.2 Å². The van der Waals surface area contributed by atoms with Gasteiger partial charge in [0.15, 0.2) is 5.76 Å². The van der Waals surface area contributed by atoms with Gasteiger partial charge < -0.3 is 14.5 Å². The van der Waals surface area contributed by atoms with Crippen molar-refractivity contribution in [2.24, 2.45) is 5.92 Å². The first-order valence-electron chi connectivity index (χ1n) is 11.0. The summed E-state index contributed by atoms with van der Waals surface area (Å²) in [6, 6.07) is 19.8. The molecule has 5 nitrogen and oxygen atoms in total. The van der Waals surface area contributed by atoms with Crippen molar-refractivity contribution in [3.05, 3.63) is 89.4 Å². The molecule has 1 aliphatic heterocycles.